The van der Waals surface area contributed by atoms with E-state index in [0.717, 1.165) is 17.9 Å². The van der Waals surface area contributed by atoms with Crippen LogP contribution in [-0.2, 0) is 0 Å². The normalized spacial score (nSPS) is 27.5. The van der Waals surface area contributed by atoms with E-state index >= 15 is 0 Å². The first kappa shape index (κ1) is 23.3. The first-order valence-electron chi connectivity index (χ1n) is 11.9. The molecule has 1 saturated heterocycles. The number of nitrogens with zero attached hydrogens (tertiary/aromatic N) is 1. The van der Waals surface area contributed by atoms with Crippen molar-refractivity contribution in [1.29, 1.82) is 0 Å². The van der Waals surface area contributed by atoms with Gasteiger partial charge in [-0.3, -0.25) is 0 Å². The van der Waals surface area contributed by atoms with E-state index in [1.54, 1.807) is 11.8 Å². The first-order chi connectivity index (χ1) is 13.6. The van der Waals surface area contributed by atoms with Gasteiger partial charge in [-0.1, -0.05) is 31.6 Å². The largest absolute Gasteiger partial charge is 0.375 e. The van der Waals surface area contributed by atoms with Gasteiger partial charge in [0, 0.05) is 31.4 Å². The molecule has 0 aromatic carbocycles. The molecule has 160 valence electrons. The third-order valence-corrected chi connectivity index (χ3v) is 7.25. The number of allylic oxidation sites excluding steroid dienone is 4. The Labute approximate surface area is 175 Å². The second-order valence-electron chi connectivity index (χ2n) is 9.38. The van der Waals surface area contributed by atoms with E-state index in [-0.39, 0.29) is 0 Å². The molecular formula is C26H46N2. The summed E-state index contributed by atoms with van der Waals surface area (Å²) >= 11 is 0. The van der Waals surface area contributed by atoms with Gasteiger partial charge in [0.1, 0.15) is 0 Å². The van der Waals surface area contributed by atoms with Gasteiger partial charge < -0.3 is 10.2 Å². The Bertz CT molecular complexity index is 487. The monoisotopic (exact) mass is 386 g/mol. The molecule has 0 radical (unpaired) electrons. The molecular weight excluding hydrogens is 340 g/mol. The molecule has 2 saturated carbocycles. The summed E-state index contributed by atoms with van der Waals surface area (Å²) in [5.74, 6) is 1.81. The minimum absolute atomic E-state index is 0.458. The number of nitrogens with one attached hydrogen (secondary N) is 1. The maximum atomic E-state index is 4.05. The van der Waals surface area contributed by atoms with Crippen LogP contribution in [0.4, 0.5) is 0 Å². The summed E-state index contributed by atoms with van der Waals surface area (Å²) in [7, 11) is 0. The molecule has 1 N–H and O–H groups in total. The molecule has 2 aliphatic carbocycles. The highest BCUT2D eigenvalue weighted by Gasteiger charge is 2.36. The van der Waals surface area contributed by atoms with Crippen molar-refractivity contribution < 1.29 is 0 Å². The van der Waals surface area contributed by atoms with Crippen LogP contribution in [0.2, 0.25) is 0 Å². The quantitative estimate of drug-likeness (QED) is 0.466. The minimum Gasteiger partial charge on any atom is -0.375 e. The zero-order valence-corrected chi connectivity index (χ0v) is 19.0. The topological polar surface area (TPSA) is 15.3 Å². The van der Waals surface area contributed by atoms with E-state index in [0.29, 0.717) is 5.41 Å². The first-order valence-corrected chi connectivity index (χ1v) is 11.9. The lowest BCUT2D eigenvalue weighted by Gasteiger charge is -2.45. The number of rotatable bonds is 8. The van der Waals surface area contributed by atoms with Gasteiger partial charge in [0.2, 0.25) is 0 Å². The third kappa shape index (κ3) is 6.79. The molecule has 0 aromatic rings. The van der Waals surface area contributed by atoms with Crippen LogP contribution in [0.3, 0.4) is 0 Å². The average Bonchev–Trinajstić information content (AvgIpc) is 3.55. The van der Waals surface area contributed by atoms with Crippen LogP contribution in [0, 0.1) is 17.3 Å². The van der Waals surface area contributed by atoms with Gasteiger partial charge in [0.05, 0.1) is 0 Å². The van der Waals surface area contributed by atoms with Gasteiger partial charge in [-0.05, 0) is 88.9 Å². The molecule has 0 spiro atoms. The second kappa shape index (κ2) is 11.9. The fraction of sp³-hybridized carbons (Fsp3) is 0.769. The van der Waals surface area contributed by atoms with Crippen molar-refractivity contribution in [2.24, 2.45) is 17.3 Å². The van der Waals surface area contributed by atoms with Crippen LogP contribution >= 0.6 is 0 Å². The van der Waals surface area contributed by atoms with Crippen molar-refractivity contribution >= 4 is 0 Å². The molecule has 1 aliphatic heterocycles. The molecule has 3 fully saturated rings. The summed E-state index contributed by atoms with van der Waals surface area (Å²) in [5, 5.41) is 3.80. The fourth-order valence-corrected chi connectivity index (χ4v) is 5.19. The van der Waals surface area contributed by atoms with Crippen molar-refractivity contribution in [3.8, 4) is 0 Å². The Balaban J connectivity index is 0.000000878. The number of piperidine rings is 1. The second-order valence-corrected chi connectivity index (χ2v) is 9.38. The highest BCUT2D eigenvalue weighted by atomic mass is 15.2. The van der Waals surface area contributed by atoms with Gasteiger partial charge in [-0.2, -0.15) is 0 Å². The molecule has 1 heterocycles. The van der Waals surface area contributed by atoms with E-state index in [1.165, 1.54) is 83.8 Å². The molecule has 3 rings (SSSR count). The zero-order chi connectivity index (χ0) is 20.4. The lowest BCUT2D eigenvalue weighted by atomic mass is 9.74. The van der Waals surface area contributed by atoms with E-state index in [2.05, 4.69) is 49.4 Å². The molecule has 2 nitrogen and oxygen atoms in total. The molecule has 3 aliphatic rings. The summed E-state index contributed by atoms with van der Waals surface area (Å²) in [6.07, 6.45) is 20.0. The lowest BCUT2D eigenvalue weighted by Crippen LogP contribution is -2.46. The Hall–Kier alpha value is -1.02. The number of hydrogen-bond acceptors (Lipinski definition) is 2. The van der Waals surface area contributed by atoms with E-state index in [4.69, 9.17) is 0 Å². The molecule has 0 amide bonds. The van der Waals surface area contributed by atoms with E-state index < -0.39 is 0 Å². The van der Waals surface area contributed by atoms with Crippen molar-refractivity contribution in [2.75, 3.05) is 19.6 Å². The zero-order valence-electron chi connectivity index (χ0n) is 19.0. The molecule has 0 atom stereocenters. The SMILES string of the molecule is C=CC.C=CCC1(CNC2CC2)CCN(/C(=C\C)C2CCC(CC)CC2)CC1. The Morgan fingerprint density at radius 2 is 1.64 bits per heavy atom. The summed E-state index contributed by atoms with van der Waals surface area (Å²) in [6.45, 7) is 17.6. The predicted octanol–water partition coefficient (Wildman–Crippen LogP) is 6.71. The van der Waals surface area contributed by atoms with Gasteiger partial charge in [0.25, 0.3) is 0 Å². The molecule has 0 bridgehead atoms. The van der Waals surface area contributed by atoms with Crippen molar-refractivity contribution in [2.45, 2.75) is 91.0 Å². The summed E-state index contributed by atoms with van der Waals surface area (Å²) in [5.41, 5.74) is 2.12. The maximum absolute atomic E-state index is 4.05. The minimum atomic E-state index is 0.458. The Kier molecular flexibility index (Phi) is 9.85. The smallest absolute Gasteiger partial charge is 0.0180 e. The predicted molar refractivity (Wildman–Crippen MR) is 124 cm³/mol. The Morgan fingerprint density at radius 1 is 1.04 bits per heavy atom. The van der Waals surface area contributed by atoms with E-state index in [1.807, 2.05) is 6.92 Å². The van der Waals surface area contributed by atoms with Crippen LogP contribution in [0.15, 0.2) is 37.1 Å². The Morgan fingerprint density at radius 3 is 2.11 bits per heavy atom. The highest BCUT2D eigenvalue weighted by Crippen LogP contribution is 2.41. The van der Waals surface area contributed by atoms with Crippen molar-refractivity contribution in [3.05, 3.63) is 37.1 Å². The standard InChI is InChI=1S/C23H40N2.C3H6/c1-4-13-23(18-24-21-11-12-21)14-16-25(17-15-23)22(6-3)20-9-7-19(5-2)8-10-20;1-3-2/h4,6,19-21,24H,1,5,7-18H2,2-3H3;3H,1H2,2H3/b22-6-;. The van der Waals surface area contributed by atoms with Gasteiger partial charge in [0.15, 0.2) is 0 Å². The molecule has 0 aromatic heterocycles. The van der Waals surface area contributed by atoms with Crippen LogP contribution in [0.5, 0.6) is 0 Å². The van der Waals surface area contributed by atoms with Gasteiger partial charge >= 0.3 is 0 Å². The van der Waals surface area contributed by atoms with Gasteiger partial charge in [-0.15, -0.1) is 13.2 Å². The van der Waals surface area contributed by atoms with Crippen LogP contribution in [-0.4, -0.2) is 30.6 Å². The fourth-order valence-electron chi connectivity index (χ4n) is 5.19. The molecule has 2 heteroatoms. The summed E-state index contributed by atoms with van der Waals surface area (Å²) in [4.78, 5) is 2.73. The van der Waals surface area contributed by atoms with Crippen LogP contribution in [0.1, 0.15) is 85.0 Å². The van der Waals surface area contributed by atoms with Gasteiger partial charge in [-0.25, -0.2) is 0 Å². The molecule has 0 unspecified atom stereocenters. The number of hydrogen-bond donors (Lipinski definition) is 1. The van der Waals surface area contributed by atoms with Crippen molar-refractivity contribution in [3.63, 3.8) is 0 Å². The third-order valence-electron chi connectivity index (χ3n) is 7.25. The number of likely N-dealkylation sites (tertiary alicyclic amines) is 1. The summed E-state index contributed by atoms with van der Waals surface area (Å²) < 4.78 is 0. The highest BCUT2D eigenvalue weighted by molar-refractivity contribution is 5.09. The maximum Gasteiger partial charge on any atom is 0.0180 e. The molecule has 28 heavy (non-hydrogen) atoms. The van der Waals surface area contributed by atoms with E-state index in [9.17, 15) is 0 Å². The lowest BCUT2D eigenvalue weighted by molar-refractivity contribution is 0.111. The van der Waals surface area contributed by atoms with Crippen LogP contribution < -0.4 is 5.32 Å². The summed E-state index contributed by atoms with van der Waals surface area (Å²) in [6, 6.07) is 0.819. The van der Waals surface area contributed by atoms with Crippen LogP contribution in [0.25, 0.3) is 0 Å². The van der Waals surface area contributed by atoms with Crippen molar-refractivity contribution in [1.82, 2.24) is 10.2 Å². The average molecular weight is 387 g/mol.